The van der Waals surface area contributed by atoms with Crippen molar-refractivity contribution < 1.29 is 13.2 Å². The summed E-state index contributed by atoms with van der Waals surface area (Å²) in [7, 11) is -4.02. The van der Waals surface area contributed by atoms with Crippen LogP contribution in [0.4, 0.5) is 11.4 Å². The van der Waals surface area contributed by atoms with Gasteiger partial charge in [-0.15, -0.1) is 0 Å². The largest absolute Gasteiger partial charge is 0.325 e. The van der Waals surface area contributed by atoms with Crippen LogP contribution in [0.3, 0.4) is 0 Å². The molecule has 0 aliphatic heterocycles. The molecule has 0 fully saturated rings. The number of halogens is 2. The van der Waals surface area contributed by atoms with Crippen LogP contribution in [-0.2, 0) is 21.2 Å². The van der Waals surface area contributed by atoms with Crippen molar-refractivity contribution in [3.8, 4) is 0 Å². The number of hydrogen-bond donors (Lipinski definition) is 1. The summed E-state index contributed by atoms with van der Waals surface area (Å²) in [5.41, 5.74) is 2.03. The lowest BCUT2D eigenvalue weighted by Gasteiger charge is -2.24. The molecule has 0 heterocycles. The van der Waals surface area contributed by atoms with Crippen molar-refractivity contribution in [2.24, 2.45) is 0 Å². The van der Waals surface area contributed by atoms with Gasteiger partial charge in [0.1, 0.15) is 6.54 Å². The van der Waals surface area contributed by atoms with E-state index in [1.807, 2.05) is 24.3 Å². The number of carbonyl (C=O) groups is 1. The minimum Gasteiger partial charge on any atom is -0.325 e. The topological polar surface area (TPSA) is 66.5 Å². The zero-order valence-corrected chi connectivity index (χ0v) is 19.9. The second-order valence-electron chi connectivity index (χ2n) is 7.27. The Hall–Kier alpha value is -2.54. The number of benzene rings is 3. The zero-order chi connectivity index (χ0) is 23.1. The van der Waals surface area contributed by atoms with Gasteiger partial charge in [-0.05, 0) is 60.9 Å². The molecule has 0 radical (unpaired) electrons. The molecular formula is C24H24Cl2N2O3S. The number of nitrogens with one attached hydrogen (secondary N) is 1. The lowest BCUT2D eigenvalue weighted by molar-refractivity contribution is -0.114. The SMILES string of the molecule is CCCCc1ccc(NC(=O)CN(c2ccc(Cl)c(Cl)c2)S(=O)(=O)c2ccccc2)cc1. The summed E-state index contributed by atoms with van der Waals surface area (Å²) in [4.78, 5) is 12.9. The lowest BCUT2D eigenvalue weighted by atomic mass is 10.1. The second kappa shape index (κ2) is 10.9. The standard InChI is InChI=1S/C24H24Cl2N2O3S/c1-2-3-7-18-10-12-19(13-11-18)27-24(29)17-28(20-14-15-22(25)23(26)16-20)32(30,31)21-8-5-4-6-9-21/h4-6,8-16H,2-3,7,17H2,1H3,(H,27,29). The van der Waals surface area contributed by atoms with Gasteiger partial charge in [-0.1, -0.05) is 66.9 Å². The average Bonchev–Trinajstić information content (AvgIpc) is 2.79. The van der Waals surface area contributed by atoms with E-state index >= 15 is 0 Å². The van der Waals surface area contributed by atoms with E-state index in [2.05, 4.69) is 12.2 Å². The van der Waals surface area contributed by atoms with Crippen LogP contribution < -0.4 is 9.62 Å². The van der Waals surface area contributed by atoms with Crippen molar-refractivity contribution in [1.82, 2.24) is 0 Å². The van der Waals surface area contributed by atoms with Crippen molar-refractivity contribution in [2.75, 3.05) is 16.2 Å². The Labute approximate surface area is 199 Å². The summed E-state index contributed by atoms with van der Waals surface area (Å²) in [6.45, 7) is 1.71. The van der Waals surface area contributed by atoms with Gasteiger partial charge in [0, 0.05) is 5.69 Å². The summed E-state index contributed by atoms with van der Waals surface area (Å²) in [6.07, 6.45) is 3.19. The molecule has 0 saturated carbocycles. The molecule has 0 aliphatic carbocycles. The summed E-state index contributed by atoms with van der Waals surface area (Å²) >= 11 is 12.1. The fourth-order valence-corrected chi connectivity index (χ4v) is 4.87. The van der Waals surface area contributed by atoms with Gasteiger partial charge in [0.2, 0.25) is 5.91 Å². The number of anilines is 2. The van der Waals surface area contributed by atoms with Crippen LogP contribution in [0.1, 0.15) is 25.3 Å². The van der Waals surface area contributed by atoms with Crippen LogP contribution in [0, 0.1) is 0 Å². The monoisotopic (exact) mass is 490 g/mol. The number of hydrogen-bond acceptors (Lipinski definition) is 3. The zero-order valence-electron chi connectivity index (χ0n) is 17.6. The van der Waals surface area contributed by atoms with Crippen LogP contribution >= 0.6 is 23.2 Å². The summed E-state index contributed by atoms with van der Waals surface area (Å²) < 4.78 is 27.7. The van der Waals surface area contributed by atoms with Gasteiger partial charge in [-0.25, -0.2) is 8.42 Å². The molecule has 0 aliphatic rings. The van der Waals surface area contributed by atoms with Crippen LogP contribution in [0.5, 0.6) is 0 Å². The molecule has 0 aromatic heterocycles. The fourth-order valence-electron chi connectivity index (χ4n) is 3.14. The van der Waals surface area contributed by atoms with Crippen molar-refractivity contribution in [2.45, 2.75) is 31.1 Å². The Morgan fingerprint density at radius 1 is 0.938 bits per heavy atom. The van der Waals surface area contributed by atoms with Gasteiger partial charge in [0.15, 0.2) is 0 Å². The number of amides is 1. The van der Waals surface area contributed by atoms with E-state index in [9.17, 15) is 13.2 Å². The Morgan fingerprint density at radius 2 is 1.62 bits per heavy atom. The molecule has 168 valence electrons. The maximum absolute atomic E-state index is 13.3. The van der Waals surface area contributed by atoms with Crippen LogP contribution in [-0.4, -0.2) is 20.9 Å². The van der Waals surface area contributed by atoms with Crippen molar-refractivity contribution in [3.63, 3.8) is 0 Å². The molecule has 0 unspecified atom stereocenters. The van der Waals surface area contributed by atoms with E-state index in [1.54, 1.807) is 18.2 Å². The van der Waals surface area contributed by atoms with E-state index < -0.39 is 22.5 Å². The molecular weight excluding hydrogens is 467 g/mol. The first kappa shape index (κ1) is 24.1. The number of aryl methyl sites for hydroxylation is 1. The molecule has 3 aromatic carbocycles. The predicted molar refractivity (Wildman–Crippen MR) is 131 cm³/mol. The number of carbonyl (C=O) groups excluding carboxylic acids is 1. The second-order valence-corrected chi connectivity index (χ2v) is 9.95. The summed E-state index contributed by atoms with van der Waals surface area (Å²) in [5, 5.41) is 3.26. The van der Waals surface area contributed by atoms with Gasteiger partial charge < -0.3 is 5.32 Å². The Kier molecular flexibility index (Phi) is 8.18. The first-order chi connectivity index (χ1) is 15.3. The van der Waals surface area contributed by atoms with E-state index in [1.165, 1.54) is 35.9 Å². The van der Waals surface area contributed by atoms with E-state index in [0.717, 1.165) is 23.6 Å². The Morgan fingerprint density at radius 3 is 2.25 bits per heavy atom. The smallest absolute Gasteiger partial charge is 0.264 e. The maximum atomic E-state index is 13.3. The number of sulfonamides is 1. The predicted octanol–water partition coefficient (Wildman–Crippen LogP) is 6.17. The molecule has 0 atom stereocenters. The quantitative estimate of drug-likeness (QED) is 0.389. The average molecular weight is 491 g/mol. The lowest BCUT2D eigenvalue weighted by Crippen LogP contribution is -2.38. The van der Waals surface area contributed by atoms with Crippen LogP contribution in [0.2, 0.25) is 10.0 Å². The van der Waals surface area contributed by atoms with Crippen molar-refractivity contribution >= 4 is 50.5 Å². The number of nitrogens with zero attached hydrogens (tertiary/aromatic N) is 1. The molecule has 5 nitrogen and oxygen atoms in total. The van der Waals surface area contributed by atoms with E-state index in [0.29, 0.717) is 10.7 Å². The van der Waals surface area contributed by atoms with E-state index in [-0.39, 0.29) is 15.6 Å². The fraction of sp³-hybridized carbons (Fsp3) is 0.208. The molecule has 32 heavy (non-hydrogen) atoms. The van der Waals surface area contributed by atoms with E-state index in [4.69, 9.17) is 23.2 Å². The maximum Gasteiger partial charge on any atom is 0.264 e. The minimum absolute atomic E-state index is 0.0687. The Bertz CT molecular complexity index is 1170. The third-order valence-electron chi connectivity index (χ3n) is 4.87. The first-order valence-electron chi connectivity index (χ1n) is 10.2. The van der Waals surface area contributed by atoms with Gasteiger partial charge in [0.05, 0.1) is 20.6 Å². The summed E-state index contributed by atoms with van der Waals surface area (Å²) in [6, 6.07) is 19.9. The Balaban J connectivity index is 1.85. The highest BCUT2D eigenvalue weighted by molar-refractivity contribution is 7.92. The molecule has 0 bridgehead atoms. The highest BCUT2D eigenvalue weighted by Gasteiger charge is 2.27. The van der Waals surface area contributed by atoms with Gasteiger partial charge in [0.25, 0.3) is 10.0 Å². The molecule has 1 N–H and O–H groups in total. The van der Waals surface area contributed by atoms with Gasteiger partial charge in [-0.2, -0.15) is 0 Å². The van der Waals surface area contributed by atoms with Crippen molar-refractivity contribution in [3.05, 3.63) is 88.4 Å². The van der Waals surface area contributed by atoms with Gasteiger partial charge >= 0.3 is 0 Å². The number of rotatable bonds is 9. The van der Waals surface area contributed by atoms with Crippen molar-refractivity contribution in [1.29, 1.82) is 0 Å². The minimum atomic E-state index is -4.02. The molecule has 1 amide bonds. The summed E-state index contributed by atoms with van der Waals surface area (Å²) in [5.74, 6) is -0.475. The first-order valence-corrected chi connectivity index (χ1v) is 12.4. The molecule has 3 rings (SSSR count). The molecule has 0 saturated heterocycles. The van der Waals surface area contributed by atoms with Crippen LogP contribution in [0.15, 0.2) is 77.7 Å². The van der Waals surface area contributed by atoms with Crippen LogP contribution in [0.25, 0.3) is 0 Å². The number of unbranched alkanes of at least 4 members (excludes halogenated alkanes) is 1. The molecule has 3 aromatic rings. The molecule has 8 heteroatoms. The highest BCUT2D eigenvalue weighted by Crippen LogP contribution is 2.30. The third kappa shape index (κ3) is 6.03. The normalized spacial score (nSPS) is 11.2. The molecule has 0 spiro atoms. The highest BCUT2D eigenvalue weighted by atomic mass is 35.5. The third-order valence-corrected chi connectivity index (χ3v) is 7.39. The van der Waals surface area contributed by atoms with Gasteiger partial charge in [-0.3, -0.25) is 9.10 Å².